The molecule has 66 valence electrons. The quantitative estimate of drug-likeness (QED) is 0.397. The van der Waals surface area contributed by atoms with Crippen molar-refractivity contribution in [2.24, 2.45) is 5.29 Å². The summed E-state index contributed by atoms with van der Waals surface area (Å²) in [5.41, 5.74) is 0.970. The van der Waals surface area contributed by atoms with E-state index in [0.717, 1.165) is 5.56 Å². The lowest BCUT2D eigenvalue weighted by Gasteiger charge is -2.10. The standard InChI is InChI=1S/C9H9N3O/c10-6-7-12(11-13)8-9-4-2-1-3-5-9/h1-5H,7-8H2. The van der Waals surface area contributed by atoms with E-state index in [9.17, 15) is 4.91 Å². The van der Waals surface area contributed by atoms with E-state index in [0.29, 0.717) is 6.54 Å². The van der Waals surface area contributed by atoms with Crippen molar-refractivity contribution in [2.75, 3.05) is 6.54 Å². The van der Waals surface area contributed by atoms with E-state index in [1.54, 1.807) is 0 Å². The molecule has 0 aliphatic heterocycles. The zero-order valence-electron chi connectivity index (χ0n) is 7.05. The van der Waals surface area contributed by atoms with Crippen LogP contribution in [-0.4, -0.2) is 11.6 Å². The number of hydrogen-bond donors (Lipinski definition) is 0. The third kappa shape index (κ3) is 2.91. The van der Waals surface area contributed by atoms with Crippen molar-refractivity contribution in [1.29, 1.82) is 5.26 Å². The fourth-order valence-electron chi connectivity index (χ4n) is 0.989. The summed E-state index contributed by atoms with van der Waals surface area (Å²) in [6.45, 7) is 0.413. The van der Waals surface area contributed by atoms with Gasteiger partial charge in [-0.2, -0.15) is 5.26 Å². The highest BCUT2D eigenvalue weighted by Gasteiger charge is 2.01. The van der Waals surface area contributed by atoms with Crippen LogP contribution in [0.25, 0.3) is 0 Å². The first kappa shape index (κ1) is 9.20. The fraction of sp³-hybridized carbons (Fsp3) is 0.222. The third-order valence-electron chi connectivity index (χ3n) is 1.58. The summed E-state index contributed by atoms with van der Waals surface area (Å²) in [5.74, 6) is 0. The fourth-order valence-corrected chi connectivity index (χ4v) is 0.989. The van der Waals surface area contributed by atoms with Crippen LogP contribution in [0.15, 0.2) is 35.6 Å². The number of nitrogens with zero attached hydrogens (tertiary/aromatic N) is 3. The van der Waals surface area contributed by atoms with E-state index >= 15 is 0 Å². The van der Waals surface area contributed by atoms with Crippen LogP contribution in [-0.2, 0) is 6.54 Å². The molecule has 0 saturated carbocycles. The maximum Gasteiger partial charge on any atom is 0.126 e. The highest BCUT2D eigenvalue weighted by molar-refractivity contribution is 5.14. The Morgan fingerprint density at radius 2 is 2.08 bits per heavy atom. The summed E-state index contributed by atoms with van der Waals surface area (Å²) in [6.07, 6.45) is 0. The molecule has 0 aliphatic rings. The maximum atomic E-state index is 10.2. The zero-order valence-corrected chi connectivity index (χ0v) is 7.05. The van der Waals surface area contributed by atoms with Gasteiger partial charge >= 0.3 is 0 Å². The van der Waals surface area contributed by atoms with Crippen LogP contribution < -0.4 is 0 Å². The van der Waals surface area contributed by atoms with Gasteiger partial charge in [0.15, 0.2) is 0 Å². The SMILES string of the molecule is N#CCN(Cc1ccccc1)N=O. The van der Waals surface area contributed by atoms with Crippen LogP contribution in [0, 0.1) is 16.2 Å². The van der Waals surface area contributed by atoms with Crippen LogP contribution in [0.3, 0.4) is 0 Å². The van der Waals surface area contributed by atoms with Gasteiger partial charge in [-0.3, -0.25) is 0 Å². The minimum absolute atomic E-state index is 0.0262. The van der Waals surface area contributed by atoms with Gasteiger partial charge in [0, 0.05) is 0 Å². The van der Waals surface area contributed by atoms with Crippen LogP contribution >= 0.6 is 0 Å². The molecule has 4 nitrogen and oxygen atoms in total. The van der Waals surface area contributed by atoms with Crippen LogP contribution in [0.2, 0.25) is 0 Å². The molecule has 1 rings (SSSR count). The second-order valence-electron chi connectivity index (χ2n) is 2.55. The minimum Gasteiger partial charge on any atom is -0.242 e. The van der Waals surface area contributed by atoms with Gasteiger partial charge < -0.3 is 0 Å². The number of benzene rings is 1. The van der Waals surface area contributed by atoms with Gasteiger partial charge in [0.2, 0.25) is 0 Å². The summed E-state index contributed by atoms with van der Waals surface area (Å²) in [6, 6.07) is 11.3. The van der Waals surface area contributed by atoms with Crippen molar-refractivity contribution in [3.63, 3.8) is 0 Å². The van der Waals surface area contributed by atoms with Crippen molar-refractivity contribution in [3.8, 4) is 6.07 Å². The predicted molar refractivity (Wildman–Crippen MR) is 48.3 cm³/mol. The first-order valence-electron chi connectivity index (χ1n) is 3.86. The summed E-state index contributed by atoms with van der Waals surface area (Å²) < 4.78 is 0. The van der Waals surface area contributed by atoms with Gasteiger partial charge in [0.1, 0.15) is 6.54 Å². The lowest BCUT2D eigenvalue weighted by Crippen LogP contribution is -2.15. The normalized spacial score (nSPS) is 8.85. The molecule has 1 aromatic rings. The molecule has 0 spiro atoms. The van der Waals surface area contributed by atoms with Gasteiger partial charge in [0.25, 0.3) is 0 Å². The van der Waals surface area contributed by atoms with Crippen LogP contribution in [0.1, 0.15) is 5.56 Å². The Kier molecular flexibility index (Phi) is 3.45. The Hall–Kier alpha value is -1.89. The molecule has 13 heavy (non-hydrogen) atoms. The lowest BCUT2D eigenvalue weighted by atomic mass is 10.2. The van der Waals surface area contributed by atoms with Gasteiger partial charge in [-0.1, -0.05) is 30.3 Å². The van der Waals surface area contributed by atoms with Crippen LogP contribution in [0.5, 0.6) is 0 Å². The molecule has 0 unspecified atom stereocenters. The Morgan fingerprint density at radius 1 is 1.38 bits per heavy atom. The molecule has 4 heteroatoms. The van der Waals surface area contributed by atoms with Crippen molar-refractivity contribution in [2.45, 2.75) is 6.54 Å². The van der Waals surface area contributed by atoms with Crippen molar-refractivity contribution >= 4 is 0 Å². The van der Waals surface area contributed by atoms with Crippen molar-refractivity contribution < 1.29 is 0 Å². The Balaban J connectivity index is 2.57. The lowest BCUT2D eigenvalue weighted by molar-refractivity contribution is 0.310. The van der Waals surface area contributed by atoms with E-state index in [1.807, 2.05) is 36.4 Å². The second-order valence-corrected chi connectivity index (χ2v) is 2.55. The van der Waals surface area contributed by atoms with Crippen molar-refractivity contribution in [3.05, 3.63) is 40.8 Å². The zero-order chi connectivity index (χ0) is 9.52. The molecule has 0 fully saturated rings. The molecular formula is C9H9N3O. The number of nitroso groups, excluding NO2 is 1. The molecule has 0 heterocycles. The monoisotopic (exact) mass is 175 g/mol. The minimum atomic E-state index is 0.0262. The van der Waals surface area contributed by atoms with E-state index in [-0.39, 0.29) is 6.54 Å². The Morgan fingerprint density at radius 3 is 2.62 bits per heavy atom. The van der Waals surface area contributed by atoms with E-state index in [1.165, 1.54) is 5.01 Å². The summed E-state index contributed by atoms with van der Waals surface area (Å²) in [5, 5.41) is 12.3. The molecule has 0 amide bonds. The molecule has 1 aromatic carbocycles. The van der Waals surface area contributed by atoms with Gasteiger partial charge in [-0.15, -0.1) is 4.91 Å². The van der Waals surface area contributed by atoms with E-state index < -0.39 is 0 Å². The molecular weight excluding hydrogens is 166 g/mol. The highest BCUT2D eigenvalue weighted by Crippen LogP contribution is 2.03. The summed E-state index contributed by atoms with van der Waals surface area (Å²) >= 11 is 0. The molecule has 0 saturated heterocycles. The number of nitriles is 1. The highest BCUT2D eigenvalue weighted by atomic mass is 16.3. The topological polar surface area (TPSA) is 56.5 Å². The maximum absolute atomic E-state index is 10.2. The number of hydrogen-bond acceptors (Lipinski definition) is 3. The molecule has 0 radical (unpaired) electrons. The third-order valence-corrected chi connectivity index (χ3v) is 1.58. The number of rotatable bonds is 4. The van der Waals surface area contributed by atoms with E-state index in [4.69, 9.17) is 5.26 Å². The molecule has 0 atom stereocenters. The molecule has 0 N–H and O–H groups in total. The van der Waals surface area contributed by atoms with E-state index in [2.05, 4.69) is 5.29 Å². The van der Waals surface area contributed by atoms with Gasteiger partial charge in [-0.05, 0) is 5.56 Å². The summed E-state index contributed by atoms with van der Waals surface area (Å²) in [4.78, 5) is 10.2. The molecule has 0 aliphatic carbocycles. The average Bonchev–Trinajstić information content (AvgIpc) is 2.19. The summed E-state index contributed by atoms with van der Waals surface area (Å²) in [7, 11) is 0. The Labute approximate surface area is 76.3 Å². The molecule has 0 bridgehead atoms. The predicted octanol–water partition coefficient (Wildman–Crippen LogP) is 1.69. The van der Waals surface area contributed by atoms with Gasteiger partial charge in [-0.25, -0.2) is 5.01 Å². The largest absolute Gasteiger partial charge is 0.242 e. The van der Waals surface area contributed by atoms with Crippen molar-refractivity contribution in [1.82, 2.24) is 5.01 Å². The first-order chi connectivity index (χ1) is 6.36. The average molecular weight is 175 g/mol. The Bertz CT molecular complexity index is 304. The van der Waals surface area contributed by atoms with Gasteiger partial charge in [0.05, 0.1) is 17.9 Å². The van der Waals surface area contributed by atoms with Crippen LogP contribution in [0.4, 0.5) is 0 Å². The molecule has 0 aromatic heterocycles. The smallest absolute Gasteiger partial charge is 0.126 e. The first-order valence-corrected chi connectivity index (χ1v) is 3.86. The second kappa shape index (κ2) is 4.88.